The maximum atomic E-state index is 6.03. The summed E-state index contributed by atoms with van der Waals surface area (Å²) in [6.45, 7) is 7.30. The average molecular weight is 247 g/mol. The number of hydrogen-bond donors (Lipinski definition) is 1. The molecule has 1 aliphatic rings. The molecule has 1 atom stereocenters. The molecule has 0 radical (unpaired) electrons. The monoisotopic (exact) mass is 247 g/mol. The summed E-state index contributed by atoms with van der Waals surface area (Å²) in [6.07, 6.45) is 3.94. The topological polar surface area (TPSA) is 21.3 Å². The van der Waals surface area contributed by atoms with Crippen LogP contribution in [0.3, 0.4) is 0 Å². The highest BCUT2D eigenvalue weighted by Gasteiger charge is 2.19. The highest BCUT2D eigenvalue weighted by Crippen LogP contribution is 2.31. The summed E-state index contributed by atoms with van der Waals surface area (Å²) < 4.78 is 6.03. The van der Waals surface area contributed by atoms with E-state index in [1.165, 1.54) is 30.4 Å². The van der Waals surface area contributed by atoms with E-state index in [0.717, 1.165) is 19.7 Å². The van der Waals surface area contributed by atoms with Crippen molar-refractivity contribution in [1.29, 1.82) is 0 Å². The van der Waals surface area contributed by atoms with E-state index >= 15 is 0 Å². The Morgan fingerprint density at radius 3 is 3.00 bits per heavy atom. The predicted octanol–water partition coefficient (Wildman–Crippen LogP) is 3.33. The van der Waals surface area contributed by atoms with Crippen LogP contribution in [0.2, 0.25) is 0 Å². The van der Waals surface area contributed by atoms with Crippen molar-refractivity contribution in [2.45, 2.75) is 39.2 Å². The largest absolute Gasteiger partial charge is 0.372 e. The van der Waals surface area contributed by atoms with Crippen molar-refractivity contribution in [3.05, 3.63) is 35.4 Å². The molecule has 2 rings (SSSR count). The van der Waals surface area contributed by atoms with Gasteiger partial charge in [0.05, 0.1) is 12.7 Å². The van der Waals surface area contributed by atoms with Crippen LogP contribution in [0.15, 0.2) is 24.3 Å². The van der Waals surface area contributed by atoms with Gasteiger partial charge in [-0.05, 0) is 42.9 Å². The van der Waals surface area contributed by atoms with Crippen molar-refractivity contribution < 1.29 is 4.74 Å². The van der Waals surface area contributed by atoms with Crippen LogP contribution in [0.1, 0.15) is 43.9 Å². The number of hydrogen-bond acceptors (Lipinski definition) is 2. The van der Waals surface area contributed by atoms with Gasteiger partial charge in [0.25, 0.3) is 0 Å². The van der Waals surface area contributed by atoms with Gasteiger partial charge in [0.1, 0.15) is 0 Å². The second-order valence-electron chi connectivity index (χ2n) is 5.55. The maximum Gasteiger partial charge on any atom is 0.0828 e. The van der Waals surface area contributed by atoms with Crippen LogP contribution in [0.4, 0.5) is 0 Å². The summed E-state index contributed by atoms with van der Waals surface area (Å²) in [5.41, 5.74) is 2.89. The molecule has 1 N–H and O–H groups in total. The van der Waals surface area contributed by atoms with E-state index in [9.17, 15) is 0 Å². The van der Waals surface area contributed by atoms with E-state index in [-0.39, 0.29) is 0 Å². The van der Waals surface area contributed by atoms with Crippen molar-refractivity contribution in [3.63, 3.8) is 0 Å². The zero-order valence-corrected chi connectivity index (χ0v) is 11.6. The Morgan fingerprint density at radius 1 is 1.33 bits per heavy atom. The number of rotatable bonds is 6. The number of fused-ring (bicyclic) bond motifs is 1. The average Bonchev–Trinajstić information content (AvgIpc) is 2.38. The van der Waals surface area contributed by atoms with Crippen LogP contribution in [-0.4, -0.2) is 19.7 Å². The van der Waals surface area contributed by atoms with Gasteiger partial charge in [-0.25, -0.2) is 0 Å². The molecule has 1 aromatic carbocycles. The summed E-state index contributed by atoms with van der Waals surface area (Å²) >= 11 is 0. The summed E-state index contributed by atoms with van der Waals surface area (Å²) in [4.78, 5) is 0. The zero-order chi connectivity index (χ0) is 12.8. The summed E-state index contributed by atoms with van der Waals surface area (Å²) in [7, 11) is 0. The molecular weight excluding hydrogens is 222 g/mol. The van der Waals surface area contributed by atoms with Crippen molar-refractivity contribution in [3.8, 4) is 0 Å². The van der Waals surface area contributed by atoms with Crippen LogP contribution >= 0.6 is 0 Å². The minimum atomic E-state index is 0.316. The number of ether oxygens (including phenoxy) is 1. The molecule has 2 nitrogen and oxygen atoms in total. The first-order valence-electron chi connectivity index (χ1n) is 7.17. The Morgan fingerprint density at radius 2 is 2.17 bits per heavy atom. The number of benzene rings is 1. The predicted molar refractivity (Wildman–Crippen MR) is 75.8 cm³/mol. The third kappa shape index (κ3) is 3.82. The van der Waals surface area contributed by atoms with Gasteiger partial charge in [0, 0.05) is 6.54 Å². The molecule has 0 saturated heterocycles. The summed E-state index contributed by atoms with van der Waals surface area (Å²) in [6, 6.07) is 8.71. The molecule has 0 aromatic heterocycles. The molecule has 0 bridgehead atoms. The van der Waals surface area contributed by atoms with Crippen molar-refractivity contribution in [1.82, 2.24) is 5.32 Å². The van der Waals surface area contributed by atoms with E-state index in [0.29, 0.717) is 12.0 Å². The lowest BCUT2D eigenvalue weighted by Crippen LogP contribution is -2.25. The highest BCUT2D eigenvalue weighted by molar-refractivity contribution is 5.31. The molecule has 100 valence electrons. The van der Waals surface area contributed by atoms with Crippen LogP contribution in [-0.2, 0) is 11.2 Å². The van der Waals surface area contributed by atoms with Gasteiger partial charge in [-0.15, -0.1) is 0 Å². The molecule has 0 heterocycles. The second kappa shape index (κ2) is 6.91. The van der Waals surface area contributed by atoms with Gasteiger partial charge in [-0.2, -0.15) is 0 Å². The molecule has 0 amide bonds. The SMILES string of the molecule is CC(C)CNCCOC1CCCc2ccccc21. The number of aryl methyl sites for hydroxylation is 1. The van der Waals surface area contributed by atoms with E-state index in [1.807, 2.05) is 0 Å². The van der Waals surface area contributed by atoms with Crippen LogP contribution in [0.5, 0.6) is 0 Å². The third-order valence-corrected chi connectivity index (χ3v) is 3.46. The fraction of sp³-hybridized carbons (Fsp3) is 0.625. The Bertz CT molecular complexity index is 362. The Hall–Kier alpha value is -0.860. The highest BCUT2D eigenvalue weighted by atomic mass is 16.5. The van der Waals surface area contributed by atoms with E-state index in [1.54, 1.807) is 0 Å². The number of nitrogens with one attached hydrogen (secondary N) is 1. The molecule has 1 unspecified atom stereocenters. The fourth-order valence-electron chi connectivity index (χ4n) is 2.55. The molecule has 0 aliphatic heterocycles. The fourth-order valence-corrected chi connectivity index (χ4v) is 2.55. The molecule has 18 heavy (non-hydrogen) atoms. The first-order valence-corrected chi connectivity index (χ1v) is 7.17. The van der Waals surface area contributed by atoms with E-state index in [2.05, 4.69) is 43.4 Å². The molecule has 0 fully saturated rings. The quantitative estimate of drug-likeness (QED) is 0.779. The van der Waals surface area contributed by atoms with Gasteiger partial charge < -0.3 is 10.1 Å². The van der Waals surface area contributed by atoms with E-state index < -0.39 is 0 Å². The third-order valence-electron chi connectivity index (χ3n) is 3.46. The van der Waals surface area contributed by atoms with Crippen molar-refractivity contribution in [2.75, 3.05) is 19.7 Å². The lowest BCUT2D eigenvalue weighted by atomic mass is 9.89. The molecule has 1 aromatic rings. The second-order valence-corrected chi connectivity index (χ2v) is 5.55. The lowest BCUT2D eigenvalue weighted by Gasteiger charge is -2.25. The normalized spacial score (nSPS) is 18.9. The smallest absolute Gasteiger partial charge is 0.0828 e. The van der Waals surface area contributed by atoms with Crippen LogP contribution in [0.25, 0.3) is 0 Å². The molecule has 0 spiro atoms. The molecule has 0 saturated carbocycles. The van der Waals surface area contributed by atoms with Crippen molar-refractivity contribution in [2.24, 2.45) is 5.92 Å². The molecule has 1 aliphatic carbocycles. The van der Waals surface area contributed by atoms with E-state index in [4.69, 9.17) is 4.74 Å². The summed E-state index contributed by atoms with van der Waals surface area (Å²) in [5.74, 6) is 0.709. The summed E-state index contributed by atoms with van der Waals surface area (Å²) in [5, 5.41) is 3.42. The first kappa shape index (κ1) is 13.6. The van der Waals surface area contributed by atoms with Gasteiger partial charge in [0.15, 0.2) is 0 Å². The van der Waals surface area contributed by atoms with Crippen LogP contribution in [0, 0.1) is 5.92 Å². The minimum Gasteiger partial charge on any atom is -0.372 e. The maximum absolute atomic E-state index is 6.03. The zero-order valence-electron chi connectivity index (χ0n) is 11.6. The Balaban J connectivity index is 1.77. The van der Waals surface area contributed by atoms with Gasteiger partial charge >= 0.3 is 0 Å². The Labute approximate surface area is 111 Å². The van der Waals surface area contributed by atoms with Gasteiger partial charge in [-0.3, -0.25) is 0 Å². The first-order chi connectivity index (χ1) is 8.77. The van der Waals surface area contributed by atoms with Gasteiger partial charge in [-0.1, -0.05) is 38.1 Å². The molecular formula is C16H25NO. The minimum absolute atomic E-state index is 0.316. The van der Waals surface area contributed by atoms with Gasteiger partial charge in [0.2, 0.25) is 0 Å². The lowest BCUT2D eigenvalue weighted by molar-refractivity contribution is 0.0425. The van der Waals surface area contributed by atoms with Crippen LogP contribution < -0.4 is 5.32 Å². The standard InChI is InChI=1S/C16H25NO/c1-13(2)12-17-10-11-18-16-9-5-7-14-6-3-4-8-15(14)16/h3-4,6,8,13,16-17H,5,7,9-12H2,1-2H3. The Kier molecular flexibility index (Phi) is 5.21. The molecule has 2 heteroatoms. The van der Waals surface area contributed by atoms with Crippen molar-refractivity contribution >= 4 is 0 Å².